The SMILES string of the molecule is COC(OC)C(C)(O)Cc1ccc(Br)cc1F. The number of ether oxygens (including phenoxy) is 2. The molecule has 1 rings (SSSR count). The van der Waals surface area contributed by atoms with Crippen LogP contribution in [0, 0.1) is 5.82 Å². The Hall–Kier alpha value is -0.490. The minimum absolute atomic E-state index is 0.110. The lowest BCUT2D eigenvalue weighted by Gasteiger charge is -2.30. The van der Waals surface area contributed by atoms with E-state index in [0.29, 0.717) is 10.0 Å². The second-order valence-electron chi connectivity index (χ2n) is 4.07. The maximum absolute atomic E-state index is 13.6. The molecule has 0 spiro atoms. The molecular formula is C12H16BrFO3. The van der Waals surface area contributed by atoms with Gasteiger partial charge in [-0.3, -0.25) is 0 Å². The highest BCUT2D eigenvalue weighted by Gasteiger charge is 2.33. The Labute approximate surface area is 109 Å². The van der Waals surface area contributed by atoms with E-state index in [1.54, 1.807) is 19.1 Å². The van der Waals surface area contributed by atoms with Gasteiger partial charge in [0, 0.05) is 25.1 Å². The maximum Gasteiger partial charge on any atom is 0.185 e. The Morgan fingerprint density at radius 1 is 1.41 bits per heavy atom. The molecular weight excluding hydrogens is 291 g/mol. The molecule has 0 amide bonds. The molecule has 1 unspecified atom stereocenters. The van der Waals surface area contributed by atoms with Crippen LogP contribution in [-0.4, -0.2) is 31.2 Å². The van der Waals surface area contributed by atoms with Crippen LogP contribution < -0.4 is 0 Å². The van der Waals surface area contributed by atoms with E-state index in [1.165, 1.54) is 20.3 Å². The zero-order valence-electron chi connectivity index (χ0n) is 10.0. The summed E-state index contributed by atoms with van der Waals surface area (Å²) < 4.78 is 24.3. The van der Waals surface area contributed by atoms with Crippen LogP contribution in [0.2, 0.25) is 0 Å². The molecule has 1 atom stereocenters. The monoisotopic (exact) mass is 306 g/mol. The van der Waals surface area contributed by atoms with Gasteiger partial charge in [0.05, 0.1) is 0 Å². The summed E-state index contributed by atoms with van der Waals surface area (Å²) in [6, 6.07) is 4.71. The topological polar surface area (TPSA) is 38.7 Å². The Morgan fingerprint density at radius 2 is 2.00 bits per heavy atom. The Balaban J connectivity index is 2.89. The molecule has 0 aliphatic rings. The summed E-state index contributed by atoms with van der Waals surface area (Å²) in [6.45, 7) is 1.55. The molecule has 1 aromatic carbocycles. The standard InChI is InChI=1S/C12H16BrFO3/c1-12(15,11(16-2)17-3)7-8-4-5-9(13)6-10(8)14/h4-6,11,15H,7H2,1-3H3. The van der Waals surface area contributed by atoms with Crippen LogP contribution in [0.3, 0.4) is 0 Å². The van der Waals surface area contributed by atoms with Gasteiger partial charge in [-0.2, -0.15) is 0 Å². The van der Waals surface area contributed by atoms with E-state index < -0.39 is 11.9 Å². The van der Waals surface area contributed by atoms with Gasteiger partial charge in [0.1, 0.15) is 11.4 Å². The van der Waals surface area contributed by atoms with Crippen LogP contribution in [0.5, 0.6) is 0 Å². The van der Waals surface area contributed by atoms with Crippen molar-refractivity contribution < 1.29 is 19.0 Å². The first-order chi connectivity index (χ1) is 7.90. The van der Waals surface area contributed by atoms with E-state index in [0.717, 1.165) is 0 Å². The van der Waals surface area contributed by atoms with E-state index in [-0.39, 0.29) is 12.2 Å². The molecule has 0 aromatic heterocycles. The number of rotatable bonds is 5. The molecule has 1 aromatic rings. The first kappa shape index (κ1) is 14.6. The normalized spacial score (nSPS) is 15.0. The van der Waals surface area contributed by atoms with E-state index in [4.69, 9.17) is 9.47 Å². The van der Waals surface area contributed by atoms with E-state index in [9.17, 15) is 9.50 Å². The van der Waals surface area contributed by atoms with Gasteiger partial charge in [-0.25, -0.2) is 4.39 Å². The Bertz CT molecular complexity index is 378. The van der Waals surface area contributed by atoms with Crippen molar-refractivity contribution in [2.45, 2.75) is 25.2 Å². The molecule has 5 heteroatoms. The van der Waals surface area contributed by atoms with E-state index in [1.807, 2.05) is 0 Å². The highest BCUT2D eigenvalue weighted by atomic mass is 79.9. The summed E-state index contributed by atoms with van der Waals surface area (Å²) in [5.41, 5.74) is -0.879. The van der Waals surface area contributed by atoms with E-state index in [2.05, 4.69) is 15.9 Å². The van der Waals surface area contributed by atoms with Crippen LogP contribution in [0.4, 0.5) is 4.39 Å². The zero-order valence-corrected chi connectivity index (χ0v) is 11.6. The van der Waals surface area contributed by atoms with Gasteiger partial charge in [0.15, 0.2) is 6.29 Å². The minimum atomic E-state index is -1.29. The minimum Gasteiger partial charge on any atom is -0.385 e. The molecule has 0 saturated heterocycles. The number of aliphatic hydroxyl groups is 1. The van der Waals surface area contributed by atoms with Gasteiger partial charge >= 0.3 is 0 Å². The molecule has 17 heavy (non-hydrogen) atoms. The van der Waals surface area contributed by atoms with Gasteiger partial charge in [-0.05, 0) is 24.6 Å². The number of hydrogen-bond acceptors (Lipinski definition) is 3. The van der Waals surface area contributed by atoms with Crippen molar-refractivity contribution in [3.63, 3.8) is 0 Å². The molecule has 0 saturated carbocycles. The highest BCUT2D eigenvalue weighted by molar-refractivity contribution is 9.10. The van der Waals surface area contributed by atoms with Crippen molar-refractivity contribution in [3.05, 3.63) is 34.1 Å². The maximum atomic E-state index is 13.6. The molecule has 0 heterocycles. The lowest BCUT2D eigenvalue weighted by Crippen LogP contribution is -2.44. The van der Waals surface area contributed by atoms with Crippen molar-refractivity contribution in [2.75, 3.05) is 14.2 Å². The molecule has 0 aliphatic heterocycles. The first-order valence-electron chi connectivity index (χ1n) is 5.12. The van der Waals surface area contributed by atoms with Gasteiger partial charge in [-0.15, -0.1) is 0 Å². The average Bonchev–Trinajstić information content (AvgIpc) is 2.23. The molecule has 0 radical (unpaired) electrons. The molecule has 3 nitrogen and oxygen atoms in total. The van der Waals surface area contributed by atoms with Gasteiger partial charge in [0.2, 0.25) is 0 Å². The predicted octanol–water partition coefficient (Wildman–Crippen LogP) is 2.50. The number of halogens is 2. The van der Waals surface area contributed by atoms with E-state index >= 15 is 0 Å². The van der Waals surface area contributed by atoms with Crippen LogP contribution in [0.1, 0.15) is 12.5 Å². The fourth-order valence-corrected chi connectivity index (χ4v) is 2.07. The summed E-state index contributed by atoms with van der Waals surface area (Å²) >= 11 is 3.18. The van der Waals surface area contributed by atoms with Gasteiger partial charge < -0.3 is 14.6 Å². The average molecular weight is 307 g/mol. The second kappa shape index (κ2) is 5.91. The molecule has 1 N–H and O–H groups in total. The summed E-state index contributed by atoms with van der Waals surface area (Å²) in [6.07, 6.45) is -0.691. The lowest BCUT2D eigenvalue weighted by molar-refractivity contribution is -0.207. The van der Waals surface area contributed by atoms with Crippen molar-refractivity contribution in [2.24, 2.45) is 0 Å². The third-order valence-electron chi connectivity index (χ3n) is 2.50. The first-order valence-corrected chi connectivity index (χ1v) is 5.92. The van der Waals surface area contributed by atoms with Crippen molar-refractivity contribution in [3.8, 4) is 0 Å². The van der Waals surface area contributed by atoms with Crippen LogP contribution >= 0.6 is 15.9 Å². The Morgan fingerprint density at radius 3 is 2.47 bits per heavy atom. The third-order valence-corrected chi connectivity index (χ3v) is 2.99. The van der Waals surface area contributed by atoms with Crippen LogP contribution in [0.15, 0.2) is 22.7 Å². The molecule has 0 fully saturated rings. The van der Waals surface area contributed by atoms with Crippen molar-refractivity contribution >= 4 is 15.9 Å². The fourth-order valence-electron chi connectivity index (χ4n) is 1.74. The summed E-state index contributed by atoms with van der Waals surface area (Å²) in [7, 11) is 2.86. The number of benzene rings is 1. The van der Waals surface area contributed by atoms with Gasteiger partial charge in [0.25, 0.3) is 0 Å². The molecule has 0 aliphatic carbocycles. The van der Waals surface area contributed by atoms with Crippen molar-refractivity contribution in [1.29, 1.82) is 0 Å². The number of hydrogen-bond donors (Lipinski definition) is 1. The van der Waals surface area contributed by atoms with Crippen LogP contribution in [-0.2, 0) is 15.9 Å². The molecule has 0 bridgehead atoms. The second-order valence-corrected chi connectivity index (χ2v) is 4.99. The number of methoxy groups -OCH3 is 2. The van der Waals surface area contributed by atoms with Gasteiger partial charge in [-0.1, -0.05) is 22.0 Å². The molecule has 96 valence electrons. The largest absolute Gasteiger partial charge is 0.385 e. The lowest BCUT2D eigenvalue weighted by atomic mass is 9.95. The summed E-state index contributed by atoms with van der Waals surface area (Å²) in [5, 5.41) is 10.2. The summed E-state index contributed by atoms with van der Waals surface area (Å²) in [5.74, 6) is -0.370. The van der Waals surface area contributed by atoms with Crippen molar-refractivity contribution in [1.82, 2.24) is 0 Å². The zero-order chi connectivity index (χ0) is 13.1. The third kappa shape index (κ3) is 3.74. The highest BCUT2D eigenvalue weighted by Crippen LogP contribution is 2.23. The predicted molar refractivity (Wildman–Crippen MR) is 66.2 cm³/mol. The Kier molecular flexibility index (Phi) is 5.06. The quantitative estimate of drug-likeness (QED) is 0.850. The fraction of sp³-hybridized carbons (Fsp3) is 0.500. The summed E-state index contributed by atoms with van der Waals surface area (Å²) in [4.78, 5) is 0. The smallest absolute Gasteiger partial charge is 0.185 e. The van der Waals surface area contributed by atoms with Crippen LogP contribution in [0.25, 0.3) is 0 Å².